The van der Waals surface area contributed by atoms with E-state index in [1.54, 1.807) is 136 Å². The third kappa shape index (κ3) is 37.8. The topological polar surface area (TPSA) is 627 Å². The number of hydrogen-bond acceptors (Lipinski definition) is 20. The van der Waals surface area contributed by atoms with E-state index >= 15 is 0 Å². The average molecular weight is 1670 g/mol. The van der Waals surface area contributed by atoms with Crippen LogP contribution in [0.1, 0.15) is 164 Å². The van der Waals surface area contributed by atoms with Crippen molar-refractivity contribution in [1.29, 1.82) is 0 Å². The van der Waals surface area contributed by atoms with Gasteiger partial charge in [-0.2, -0.15) is 11.8 Å². The minimum absolute atomic E-state index is 0.00241. The Morgan fingerprint density at radius 2 is 0.769 bits per heavy atom. The van der Waals surface area contributed by atoms with Crippen molar-refractivity contribution in [3.8, 4) is 0 Å². The maximum Gasteiger partial charge on any atom is 0.326 e. The summed E-state index contributed by atoms with van der Waals surface area (Å²) in [6, 6.07) is -2.46. The number of hydrogen-bond donors (Lipinski definition) is 20. The molecular weight excluding hydrogens is 1540 g/mol. The standard InChI is InChI=1S/C78H127N19O19S/c1-13-44(8)61(94-65(104)51(29-23-34-85-78(82)83)87-71(110)58(32-35-117-12)97(11)75(114)49(79)30-31-59(99)100)73(112)93-57(41-98)70(109)86-50(28-22-33-84-77(80)81)64(103)95-63(46(10)15-3)74(113)96-62(45(9)14-2)72(111)91-53(37-43(6)7)66(105)90-55(40-60(101)102)69(108)89-54(38-47-24-18-16-19-25-47)68(107)88-52(36-42(4)5)67(106)92-56(76(115)116)39-48-26-20-17-21-27-48/h16-21,24-27,42-46,49-58,61-63,98H,13-15,22-23,28-41,79H2,1-12H3,(H,86,109)(H,87,110)(H,88,107)(H,89,108)(H,90,105)(H,91,111)(H,92,106)(H,93,112)(H,94,104)(H,95,103)(H,96,113)(H,99,100)(H,101,102)(H,115,116)(H4,80,81,84)(H4,82,83,85)/t44-,45-,46-,49-,50-,51-,52-,53-,54-,55-,56-,57-,58-,61-,62-,63-/m0/s1. The van der Waals surface area contributed by atoms with Gasteiger partial charge in [0.15, 0.2) is 11.9 Å². The van der Waals surface area contributed by atoms with Crippen LogP contribution < -0.4 is 87.2 Å². The molecule has 0 saturated carbocycles. The van der Waals surface area contributed by atoms with Crippen LogP contribution in [0.4, 0.5) is 0 Å². The lowest BCUT2D eigenvalue weighted by Crippen LogP contribution is -2.63. The molecule has 0 unspecified atom stereocenters. The highest BCUT2D eigenvalue weighted by Crippen LogP contribution is 2.19. The molecule has 38 nitrogen and oxygen atoms in total. The number of carboxylic acids is 3. The number of thioether (sulfide) groups is 1. The molecule has 39 heteroatoms. The molecule has 2 aromatic rings. The molecule has 0 bridgehead atoms. The van der Waals surface area contributed by atoms with E-state index in [-0.39, 0.29) is 120 Å². The lowest BCUT2D eigenvalue weighted by Gasteiger charge is -2.32. The maximum absolute atomic E-state index is 14.8. The Kier molecular flexibility index (Phi) is 46.8. The fourth-order valence-corrected chi connectivity index (χ4v) is 12.7. The molecule has 654 valence electrons. The Labute approximate surface area is 688 Å². The minimum Gasteiger partial charge on any atom is -0.481 e. The highest BCUT2D eigenvalue weighted by atomic mass is 32.2. The molecule has 0 aliphatic heterocycles. The summed E-state index contributed by atoms with van der Waals surface area (Å²) in [5, 5.41) is 68.9. The number of rotatable bonds is 56. The number of amides is 12. The number of aliphatic carboxylic acids is 3. The molecule has 0 heterocycles. The number of aliphatic imine (C=N–C) groups is 2. The second-order valence-corrected chi connectivity index (χ2v) is 31.0. The van der Waals surface area contributed by atoms with E-state index in [9.17, 15) is 92.3 Å². The monoisotopic (exact) mass is 1670 g/mol. The molecule has 0 aliphatic rings. The summed E-state index contributed by atoms with van der Waals surface area (Å²) in [6.45, 7) is 15.8. The summed E-state index contributed by atoms with van der Waals surface area (Å²) < 4.78 is 0. The lowest BCUT2D eigenvalue weighted by molar-refractivity contribution is -0.142. The van der Waals surface area contributed by atoms with Crippen LogP contribution in [0.3, 0.4) is 0 Å². The summed E-state index contributed by atoms with van der Waals surface area (Å²) in [4.78, 5) is 218. The van der Waals surface area contributed by atoms with Gasteiger partial charge in [-0.25, -0.2) is 4.79 Å². The number of aliphatic hydroxyl groups is 1. The first kappa shape index (κ1) is 102. The number of nitrogens with one attached hydrogen (secondary N) is 11. The molecule has 16 atom stereocenters. The van der Waals surface area contributed by atoms with Crippen LogP contribution in [0, 0.1) is 29.6 Å². The van der Waals surface area contributed by atoms with Gasteiger partial charge in [0, 0.05) is 39.4 Å². The lowest BCUT2D eigenvalue weighted by atomic mass is 9.94. The maximum atomic E-state index is 14.8. The van der Waals surface area contributed by atoms with Crippen molar-refractivity contribution in [1.82, 2.24) is 63.4 Å². The molecule has 12 amide bonds. The largest absolute Gasteiger partial charge is 0.481 e. The highest BCUT2D eigenvalue weighted by Gasteiger charge is 2.41. The number of carbonyl (C=O) groups is 15. The van der Waals surface area contributed by atoms with Crippen LogP contribution in [0.5, 0.6) is 0 Å². The van der Waals surface area contributed by atoms with Crippen LogP contribution in [-0.4, -0.2) is 243 Å². The van der Waals surface area contributed by atoms with Gasteiger partial charge in [-0.15, -0.1) is 0 Å². The summed E-state index contributed by atoms with van der Waals surface area (Å²) >= 11 is 1.36. The van der Waals surface area contributed by atoms with Crippen LogP contribution in [0.25, 0.3) is 0 Å². The molecule has 2 rings (SSSR count). The van der Waals surface area contributed by atoms with Gasteiger partial charge in [-0.05, 0) is 104 Å². The molecule has 117 heavy (non-hydrogen) atoms. The van der Waals surface area contributed by atoms with Gasteiger partial charge in [0.25, 0.3) is 0 Å². The first-order chi connectivity index (χ1) is 55.1. The van der Waals surface area contributed by atoms with Gasteiger partial charge in [0.1, 0.15) is 72.5 Å². The van der Waals surface area contributed by atoms with Gasteiger partial charge < -0.3 is 112 Å². The van der Waals surface area contributed by atoms with E-state index in [4.69, 9.17) is 28.7 Å². The smallest absolute Gasteiger partial charge is 0.326 e. The SMILES string of the molecule is CC[C@H](C)[C@H](NC(=O)[C@H](CCCN=C(N)N)NC(=O)[C@H](CCSC)N(C)C(=O)[C@@H](N)CCC(=O)O)C(=O)N[C@@H](CO)C(=O)N[C@@H](CCCN=C(N)N)C(=O)N[C@H](C(=O)N[C@H](C(=O)N[C@@H](CC(C)C)C(=O)N[C@@H](CC(=O)O)C(=O)N[C@@H](Cc1ccccc1)C(=O)N[C@@H](CC(C)C)C(=O)N[C@@H](Cc1ccccc1)C(=O)O)[C@@H](C)CC)[C@@H](C)CC. The Balaban J connectivity index is 2.57. The fraction of sp³-hybridized carbons (Fsp3) is 0.628. The molecule has 0 saturated heterocycles. The average Bonchev–Trinajstić information content (AvgIpc) is 0.847. The third-order valence-corrected chi connectivity index (χ3v) is 20.2. The molecular formula is C78H127N19O19S. The molecule has 0 radical (unpaired) electrons. The first-order valence-corrected chi connectivity index (χ1v) is 40.8. The summed E-state index contributed by atoms with van der Waals surface area (Å²) in [5.41, 5.74) is 29.5. The third-order valence-electron chi connectivity index (χ3n) is 19.6. The Bertz CT molecular complexity index is 3650. The van der Waals surface area contributed by atoms with E-state index in [0.29, 0.717) is 16.9 Å². The van der Waals surface area contributed by atoms with Crippen LogP contribution in [0.2, 0.25) is 0 Å². The summed E-state index contributed by atoms with van der Waals surface area (Å²) in [6.07, 6.45) is 0.287. The van der Waals surface area contributed by atoms with Crippen molar-refractivity contribution < 1.29 is 92.3 Å². The van der Waals surface area contributed by atoms with Crippen LogP contribution in [0.15, 0.2) is 70.6 Å². The van der Waals surface area contributed by atoms with Crippen molar-refractivity contribution in [3.05, 3.63) is 71.8 Å². The minimum atomic E-state index is -1.91. The predicted molar refractivity (Wildman–Crippen MR) is 440 cm³/mol. The zero-order valence-electron chi connectivity index (χ0n) is 69.2. The molecule has 0 aliphatic carbocycles. The van der Waals surface area contributed by atoms with Crippen LogP contribution >= 0.6 is 11.8 Å². The van der Waals surface area contributed by atoms with E-state index in [0.717, 1.165) is 4.90 Å². The Morgan fingerprint density at radius 1 is 0.427 bits per heavy atom. The van der Waals surface area contributed by atoms with E-state index in [1.165, 1.54) is 18.8 Å². The van der Waals surface area contributed by atoms with Crippen molar-refractivity contribution >= 4 is 112 Å². The summed E-state index contributed by atoms with van der Waals surface area (Å²) in [5.74, 6) is -18.2. The van der Waals surface area contributed by atoms with Crippen molar-refractivity contribution in [2.24, 2.45) is 68.2 Å². The van der Waals surface area contributed by atoms with Crippen molar-refractivity contribution in [2.75, 3.05) is 38.8 Å². The zero-order valence-corrected chi connectivity index (χ0v) is 70.0. The number of aliphatic hydroxyl groups excluding tert-OH is 1. The highest BCUT2D eigenvalue weighted by molar-refractivity contribution is 7.98. The number of benzene rings is 2. The normalized spacial score (nSPS) is 15.3. The second-order valence-electron chi connectivity index (χ2n) is 30.0. The van der Waals surface area contributed by atoms with Crippen molar-refractivity contribution in [2.45, 2.75) is 244 Å². The second kappa shape index (κ2) is 53.5. The molecule has 0 spiro atoms. The van der Waals surface area contributed by atoms with Gasteiger partial charge >= 0.3 is 17.9 Å². The van der Waals surface area contributed by atoms with Gasteiger partial charge in [-0.3, -0.25) is 77.1 Å². The quantitative estimate of drug-likeness (QED) is 0.0203. The molecule has 0 fully saturated rings. The number of nitrogens with zero attached hydrogens (tertiary/aromatic N) is 3. The number of nitrogens with two attached hydrogens (primary N) is 5. The number of carboxylic acid groups (broad SMARTS) is 3. The fourth-order valence-electron chi connectivity index (χ4n) is 12.2. The van der Waals surface area contributed by atoms with E-state index in [2.05, 4.69) is 68.5 Å². The van der Waals surface area contributed by atoms with Crippen molar-refractivity contribution in [3.63, 3.8) is 0 Å². The van der Waals surface area contributed by atoms with Gasteiger partial charge in [0.05, 0.1) is 19.1 Å². The Morgan fingerprint density at radius 3 is 1.16 bits per heavy atom. The van der Waals surface area contributed by atoms with Gasteiger partial charge in [-0.1, -0.05) is 149 Å². The van der Waals surface area contributed by atoms with Crippen LogP contribution in [-0.2, 0) is 84.8 Å². The molecule has 2 aromatic carbocycles. The van der Waals surface area contributed by atoms with Gasteiger partial charge in [0.2, 0.25) is 70.9 Å². The predicted octanol–water partition coefficient (Wildman–Crippen LogP) is -1.53. The zero-order chi connectivity index (χ0) is 88.3. The molecule has 0 aromatic heterocycles. The Hall–Kier alpha value is -10.7. The number of guanidine groups is 2. The first-order valence-electron chi connectivity index (χ1n) is 39.4. The summed E-state index contributed by atoms with van der Waals surface area (Å²) in [7, 11) is 1.32. The number of likely N-dealkylation sites (N-methyl/N-ethyl adjacent to an activating group) is 1. The number of carbonyl (C=O) groups excluding carboxylic acids is 12. The van der Waals surface area contributed by atoms with E-state index < -0.39 is 205 Å². The van der Waals surface area contributed by atoms with E-state index in [1.807, 2.05) is 0 Å². The molecule has 25 N–H and O–H groups in total.